The second kappa shape index (κ2) is 2.74. The molecular formula is C5H6BN3O2. The molecule has 0 aliphatic carbocycles. The average molecular weight is 151 g/mol. The van der Waals surface area contributed by atoms with Gasteiger partial charge in [-0.05, 0) is 0 Å². The summed E-state index contributed by atoms with van der Waals surface area (Å²) in [7, 11) is -0.104. The van der Waals surface area contributed by atoms with Crippen LogP contribution in [-0.2, 0) is 7.05 Å². The van der Waals surface area contributed by atoms with E-state index in [9.17, 15) is 0 Å². The van der Waals surface area contributed by atoms with Crippen LogP contribution in [0.5, 0.6) is 0 Å². The number of nitriles is 1. The Labute approximate surface area is 63.6 Å². The summed E-state index contributed by atoms with van der Waals surface area (Å²) in [5.41, 5.74) is 0.301. The third-order valence-corrected chi connectivity index (χ3v) is 1.35. The summed E-state index contributed by atoms with van der Waals surface area (Å²) in [5.74, 6) is 0. The molecule has 11 heavy (non-hydrogen) atoms. The Balaban J connectivity index is 3.21. The van der Waals surface area contributed by atoms with Crippen molar-refractivity contribution in [3.8, 4) is 6.07 Å². The zero-order valence-corrected chi connectivity index (χ0v) is 5.89. The minimum absolute atomic E-state index is 0.118. The fourth-order valence-corrected chi connectivity index (χ4v) is 0.839. The van der Waals surface area contributed by atoms with Crippen molar-refractivity contribution < 1.29 is 10.0 Å². The lowest BCUT2D eigenvalue weighted by molar-refractivity contribution is 0.421. The van der Waals surface area contributed by atoms with Crippen LogP contribution in [0.4, 0.5) is 0 Å². The molecule has 0 saturated heterocycles. The van der Waals surface area contributed by atoms with E-state index in [1.807, 2.05) is 0 Å². The first-order valence-corrected chi connectivity index (χ1v) is 2.95. The van der Waals surface area contributed by atoms with E-state index in [4.69, 9.17) is 15.3 Å². The highest BCUT2D eigenvalue weighted by atomic mass is 16.4. The second-order valence-electron chi connectivity index (χ2n) is 2.05. The number of aryl methyl sites for hydroxylation is 1. The molecule has 1 aromatic rings. The van der Waals surface area contributed by atoms with Crippen LogP contribution in [0.1, 0.15) is 5.56 Å². The Morgan fingerprint density at radius 1 is 1.73 bits per heavy atom. The van der Waals surface area contributed by atoms with Crippen molar-refractivity contribution in [3.05, 3.63) is 11.8 Å². The van der Waals surface area contributed by atoms with Gasteiger partial charge in [-0.3, -0.25) is 4.68 Å². The average Bonchev–Trinajstić information content (AvgIpc) is 2.30. The van der Waals surface area contributed by atoms with Crippen molar-refractivity contribution >= 4 is 12.7 Å². The van der Waals surface area contributed by atoms with Crippen LogP contribution in [0, 0.1) is 11.3 Å². The zero-order chi connectivity index (χ0) is 8.43. The van der Waals surface area contributed by atoms with Gasteiger partial charge in [-0.1, -0.05) is 0 Å². The highest BCUT2D eigenvalue weighted by Crippen LogP contribution is 1.90. The number of aromatic nitrogens is 2. The minimum atomic E-state index is -1.64. The van der Waals surface area contributed by atoms with E-state index in [0.717, 1.165) is 0 Å². The zero-order valence-electron chi connectivity index (χ0n) is 5.89. The number of hydrogen-bond donors (Lipinski definition) is 2. The van der Waals surface area contributed by atoms with Crippen LogP contribution in [0.2, 0.25) is 0 Å². The molecule has 1 rings (SSSR count). The van der Waals surface area contributed by atoms with Crippen molar-refractivity contribution in [1.29, 1.82) is 5.26 Å². The van der Waals surface area contributed by atoms with Crippen LogP contribution in [0.15, 0.2) is 6.20 Å². The van der Waals surface area contributed by atoms with Gasteiger partial charge in [0.1, 0.15) is 6.07 Å². The predicted molar refractivity (Wildman–Crippen MR) is 37.7 cm³/mol. The molecule has 0 fully saturated rings. The predicted octanol–water partition coefficient (Wildman–Crippen LogP) is -2.03. The molecule has 0 radical (unpaired) electrons. The lowest BCUT2D eigenvalue weighted by Gasteiger charge is -1.98. The second-order valence-corrected chi connectivity index (χ2v) is 2.05. The van der Waals surface area contributed by atoms with E-state index in [-0.39, 0.29) is 11.2 Å². The molecular weight excluding hydrogens is 145 g/mol. The molecule has 0 amide bonds. The molecule has 0 spiro atoms. The summed E-state index contributed by atoms with van der Waals surface area (Å²) in [6.45, 7) is 0. The van der Waals surface area contributed by atoms with Crippen molar-refractivity contribution in [1.82, 2.24) is 9.78 Å². The van der Waals surface area contributed by atoms with Crippen LogP contribution >= 0.6 is 0 Å². The van der Waals surface area contributed by atoms with E-state index < -0.39 is 7.12 Å². The Kier molecular flexibility index (Phi) is 1.94. The van der Waals surface area contributed by atoms with Gasteiger partial charge in [-0.15, -0.1) is 0 Å². The maximum atomic E-state index is 8.75. The third-order valence-electron chi connectivity index (χ3n) is 1.35. The van der Waals surface area contributed by atoms with Crippen LogP contribution in [-0.4, -0.2) is 26.9 Å². The molecule has 6 heteroatoms. The van der Waals surface area contributed by atoms with Gasteiger partial charge in [0.15, 0.2) is 0 Å². The topological polar surface area (TPSA) is 82.1 Å². The molecule has 0 unspecified atom stereocenters. The number of nitrogens with zero attached hydrogens (tertiary/aromatic N) is 3. The number of rotatable bonds is 1. The first-order valence-electron chi connectivity index (χ1n) is 2.95. The normalized spacial score (nSPS) is 9.27. The molecule has 1 heterocycles. The molecule has 0 saturated carbocycles. The van der Waals surface area contributed by atoms with Gasteiger partial charge < -0.3 is 10.0 Å². The van der Waals surface area contributed by atoms with E-state index >= 15 is 0 Å². The van der Waals surface area contributed by atoms with Crippen molar-refractivity contribution in [2.45, 2.75) is 0 Å². The fraction of sp³-hybridized carbons (Fsp3) is 0.200. The van der Waals surface area contributed by atoms with Crippen molar-refractivity contribution in [2.24, 2.45) is 7.05 Å². The van der Waals surface area contributed by atoms with E-state index in [1.165, 1.54) is 17.9 Å². The molecule has 0 aliphatic heterocycles. The Bertz CT molecular complexity index is 301. The first-order chi connectivity index (χ1) is 5.16. The van der Waals surface area contributed by atoms with E-state index in [1.54, 1.807) is 6.07 Å². The summed E-state index contributed by atoms with van der Waals surface area (Å²) in [6.07, 6.45) is 1.29. The van der Waals surface area contributed by atoms with Gasteiger partial charge in [0.25, 0.3) is 0 Å². The summed E-state index contributed by atoms with van der Waals surface area (Å²) < 4.78 is 1.25. The lowest BCUT2D eigenvalue weighted by atomic mass is 9.83. The van der Waals surface area contributed by atoms with Crippen molar-refractivity contribution in [2.75, 3.05) is 0 Å². The summed E-state index contributed by atoms with van der Waals surface area (Å²) >= 11 is 0. The van der Waals surface area contributed by atoms with Gasteiger partial charge in [-0.25, -0.2) is 0 Å². The molecule has 2 N–H and O–H groups in total. The van der Waals surface area contributed by atoms with Gasteiger partial charge in [0.05, 0.1) is 17.4 Å². The van der Waals surface area contributed by atoms with Crippen LogP contribution in [0.3, 0.4) is 0 Å². The third kappa shape index (κ3) is 1.24. The Morgan fingerprint density at radius 3 is 2.73 bits per heavy atom. The fourth-order valence-electron chi connectivity index (χ4n) is 0.839. The van der Waals surface area contributed by atoms with Gasteiger partial charge in [0, 0.05) is 7.05 Å². The molecule has 0 bridgehead atoms. The van der Waals surface area contributed by atoms with E-state index in [2.05, 4.69) is 5.10 Å². The largest absolute Gasteiger partial charge is 0.509 e. The Morgan fingerprint density at radius 2 is 2.36 bits per heavy atom. The molecule has 5 nitrogen and oxygen atoms in total. The molecule has 0 aliphatic rings. The summed E-state index contributed by atoms with van der Waals surface area (Å²) in [4.78, 5) is 0. The lowest BCUT2D eigenvalue weighted by Crippen LogP contribution is -2.37. The maximum absolute atomic E-state index is 8.75. The summed E-state index contributed by atoms with van der Waals surface area (Å²) in [6, 6.07) is 1.79. The molecule has 0 aromatic carbocycles. The molecule has 1 aromatic heterocycles. The van der Waals surface area contributed by atoms with Gasteiger partial charge in [0.2, 0.25) is 0 Å². The van der Waals surface area contributed by atoms with Crippen LogP contribution < -0.4 is 5.59 Å². The number of hydrogen-bond acceptors (Lipinski definition) is 4. The summed E-state index contributed by atoms with van der Waals surface area (Å²) in [5, 5.41) is 29.6. The van der Waals surface area contributed by atoms with Gasteiger partial charge >= 0.3 is 7.12 Å². The molecule has 0 atom stereocenters. The highest BCUT2D eigenvalue weighted by Gasteiger charge is 2.20. The minimum Gasteiger partial charge on any atom is -0.422 e. The monoisotopic (exact) mass is 151 g/mol. The first kappa shape index (κ1) is 7.79. The van der Waals surface area contributed by atoms with E-state index in [0.29, 0.717) is 0 Å². The standard InChI is InChI=1S/C5H6BN3O2/c1-9-5(6(10)11)4(2-7)3-8-9/h3,10-11H,1H3. The smallest absolute Gasteiger partial charge is 0.422 e. The SMILES string of the molecule is Cn1ncc(C#N)c1B(O)O. The van der Waals surface area contributed by atoms with Gasteiger partial charge in [-0.2, -0.15) is 10.4 Å². The maximum Gasteiger partial charge on any atom is 0.509 e. The van der Waals surface area contributed by atoms with Crippen molar-refractivity contribution in [3.63, 3.8) is 0 Å². The molecule has 56 valence electrons. The van der Waals surface area contributed by atoms with Crippen LogP contribution in [0.25, 0.3) is 0 Å². The Hall–Kier alpha value is -1.32. The highest BCUT2D eigenvalue weighted by molar-refractivity contribution is 6.58. The quantitative estimate of drug-likeness (QED) is 0.453.